The minimum absolute atomic E-state index is 0.0503. The first-order chi connectivity index (χ1) is 16.3. The number of carbonyl (C=O) groups is 2. The van der Waals surface area contributed by atoms with Crippen molar-refractivity contribution in [2.45, 2.75) is 13.8 Å². The Hall–Kier alpha value is -4.38. The highest BCUT2D eigenvalue weighted by Crippen LogP contribution is 2.31. The fourth-order valence-corrected chi connectivity index (χ4v) is 4.22. The van der Waals surface area contributed by atoms with Gasteiger partial charge in [0.2, 0.25) is 0 Å². The summed E-state index contributed by atoms with van der Waals surface area (Å²) in [5.74, 6) is -1.34. The van der Waals surface area contributed by atoms with Crippen LogP contribution in [0.2, 0.25) is 0 Å². The van der Waals surface area contributed by atoms with Crippen molar-refractivity contribution in [3.8, 4) is 5.69 Å². The molecule has 0 spiro atoms. The van der Waals surface area contributed by atoms with E-state index in [-0.39, 0.29) is 39.3 Å². The van der Waals surface area contributed by atoms with E-state index < -0.39 is 22.4 Å². The Labute approximate surface area is 196 Å². The number of hydrogen-bond acceptors (Lipinski definition) is 8. The first-order valence-corrected chi connectivity index (χ1v) is 11.0. The highest BCUT2D eigenvalue weighted by Gasteiger charge is 2.23. The minimum atomic E-state index is -0.706. The lowest BCUT2D eigenvalue weighted by molar-refractivity contribution is -0.384. The van der Waals surface area contributed by atoms with E-state index in [0.29, 0.717) is 5.69 Å². The maximum absolute atomic E-state index is 13.4. The van der Waals surface area contributed by atoms with Crippen LogP contribution in [-0.2, 0) is 4.74 Å². The Kier molecular flexibility index (Phi) is 6.19. The molecule has 0 saturated carbocycles. The zero-order chi connectivity index (χ0) is 24.4. The van der Waals surface area contributed by atoms with Crippen LogP contribution in [0.15, 0.2) is 58.7 Å². The van der Waals surface area contributed by atoms with E-state index in [1.54, 1.807) is 36.6 Å². The van der Waals surface area contributed by atoms with Gasteiger partial charge in [-0.05, 0) is 32.0 Å². The average molecular weight is 478 g/mol. The molecule has 0 saturated heterocycles. The summed E-state index contributed by atoms with van der Waals surface area (Å²) < 4.78 is 6.20. The summed E-state index contributed by atoms with van der Waals surface area (Å²) in [4.78, 5) is 49.3. The highest BCUT2D eigenvalue weighted by molar-refractivity contribution is 7.16. The predicted molar refractivity (Wildman–Crippen MR) is 127 cm³/mol. The Morgan fingerprint density at radius 2 is 1.94 bits per heavy atom. The van der Waals surface area contributed by atoms with Gasteiger partial charge in [0.05, 0.1) is 22.6 Å². The third kappa shape index (κ3) is 4.28. The van der Waals surface area contributed by atoms with Gasteiger partial charge in [0.1, 0.15) is 5.00 Å². The number of nitro groups is 1. The third-order valence-corrected chi connectivity index (χ3v) is 5.84. The van der Waals surface area contributed by atoms with Gasteiger partial charge in [-0.1, -0.05) is 23.8 Å². The van der Waals surface area contributed by atoms with E-state index in [9.17, 15) is 24.5 Å². The minimum Gasteiger partial charge on any atom is -0.461 e. The monoisotopic (exact) mass is 478 g/mol. The van der Waals surface area contributed by atoms with Crippen LogP contribution in [0.25, 0.3) is 16.5 Å². The Balaban J connectivity index is 1.85. The van der Waals surface area contributed by atoms with E-state index in [4.69, 9.17) is 4.74 Å². The van der Waals surface area contributed by atoms with Crippen molar-refractivity contribution in [1.82, 2.24) is 9.78 Å². The number of rotatable bonds is 6. The lowest BCUT2D eigenvalue weighted by atomic mass is 10.2. The van der Waals surface area contributed by atoms with Gasteiger partial charge in [0.25, 0.3) is 17.2 Å². The maximum Gasteiger partial charge on any atom is 0.359 e. The smallest absolute Gasteiger partial charge is 0.359 e. The number of aromatic nitrogens is 2. The number of fused-ring (bicyclic) bond motifs is 1. The van der Waals surface area contributed by atoms with Crippen LogP contribution in [0, 0.1) is 17.0 Å². The molecule has 0 aliphatic rings. The van der Waals surface area contributed by atoms with Gasteiger partial charge < -0.3 is 10.1 Å². The molecule has 0 radical (unpaired) electrons. The van der Waals surface area contributed by atoms with Crippen molar-refractivity contribution in [1.29, 1.82) is 0 Å². The number of nitro benzene ring substituents is 1. The van der Waals surface area contributed by atoms with E-state index in [2.05, 4.69) is 10.4 Å². The van der Waals surface area contributed by atoms with Crippen LogP contribution in [0.4, 0.5) is 10.7 Å². The quantitative estimate of drug-likeness (QED) is 0.251. The zero-order valence-corrected chi connectivity index (χ0v) is 18.9. The Morgan fingerprint density at radius 1 is 1.21 bits per heavy atom. The normalized spacial score (nSPS) is 10.8. The fourth-order valence-electron chi connectivity index (χ4n) is 3.29. The summed E-state index contributed by atoms with van der Waals surface area (Å²) in [7, 11) is 0. The largest absolute Gasteiger partial charge is 0.461 e. The van der Waals surface area contributed by atoms with Crippen molar-refractivity contribution in [3.63, 3.8) is 0 Å². The molecule has 4 rings (SSSR count). The van der Waals surface area contributed by atoms with Gasteiger partial charge in [-0.2, -0.15) is 9.78 Å². The van der Waals surface area contributed by atoms with Gasteiger partial charge in [-0.15, -0.1) is 11.3 Å². The number of nitrogens with zero attached hydrogens (tertiary/aromatic N) is 3. The van der Waals surface area contributed by atoms with E-state index >= 15 is 0 Å². The van der Waals surface area contributed by atoms with E-state index in [0.717, 1.165) is 27.6 Å². The molecule has 2 heterocycles. The molecule has 172 valence electrons. The number of anilines is 1. The van der Waals surface area contributed by atoms with E-state index in [1.165, 1.54) is 18.2 Å². The Bertz CT molecular complexity index is 1490. The van der Waals surface area contributed by atoms with Crippen molar-refractivity contribution in [3.05, 3.63) is 91.2 Å². The number of non-ortho nitro benzene ring substituents is 1. The summed E-state index contributed by atoms with van der Waals surface area (Å²) in [5, 5.41) is 20.0. The standard InChI is InChI=1S/C23H18N4O6S/c1-3-33-23(30)19-17-12-34-21(24-20(28)14-5-4-6-16(11-14)27(31)32)18(17)22(29)26(25-19)15-9-7-13(2)8-10-15/h4-12H,3H2,1-2H3,(H,24,28). The molecule has 2 aromatic carbocycles. The number of thiophene rings is 1. The molecular formula is C23H18N4O6S. The maximum atomic E-state index is 13.4. The third-order valence-electron chi connectivity index (χ3n) is 4.95. The summed E-state index contributed by atoms with van der Waals surface area (Å²) in [5.41, 5.74) is 0.620. The molecular weight excluding hydrogens is 460 g/mol. The van der Waals surface area contributed by atoms with Crippen molar-refractivity contribution in [2.24, 2.45) is 0 Å². The first kappa shape index (κ1) is 22.8. The summed E-state index contributed by atoms with van der Waals surface area (Å²) in [6.07, 6.45) is 0. The molecule has 2 aromatic heterocycles. The summed E-state index contributed by atoms with van der Waals surface area (Å²) in [6, 6.07) is 12.2. The number of esters is 1. The summed E-state index contributed by atoms with van der Waals surface area (Å²) in [6.45, 7) is 3.67. The molecule has 1 N–H and O–H groups in total. The topological polar surface area (TPSA) is 133 Å². The van der Waals surface area contributed by atoms with Crippen molar-refractivity contribution >= 4 is 44.7 Å². The van der Waals surface area contributed by atoms with Gasteiger partial charge in [-0.3, -0.25) is 19.7 Å². The fraction of sp³-hybridized carbons (Fsp3) is 0.130. The zero-order valence-electron chi connectivity index (χ0n) is 18.1. The molecule has 11 heteroatoms. The number of aryl methyl sites for hydroxylation is 1. The molecule has 0 aliphatic heterocycles. The lowest BCUT2D eigenvalue weighted by Gasteiger charge is -2.10. The number of amides is 1. The second kappa shape index (κ2) is 9.24. The van der Waals surface area contributed by atoms with Gasteiger partial charge in [0.15, 0.2) is 5.69 Å². The SMILES string of the molecule is CCOC(=O)c1nn(-c2ccc(C)cc2)c(=O)c2c(NC(=O)c3cccc([N+](=O)[O-])c3)scc12. The molecule has 10 nitrogen and oxygen atoms in total. The molecule has 4 aromatic rings. The summed E-state index contributed by atoms with van der Waals surface area (Å²) >= 11 is 1.04. The van der Waals surface area contributed by atoms with Crippen molar-refractivity contribution in [2.75, 3.05) is 11.9 Å². The molecule has 1 amide bonds. The number of hydrogen-bond donors (Lipinski definition) is 1. The predicted octanol–water partition coefficient (Wildman–Crippen LogP) is 4.09. The van der Waals surface area contributed by atoms with Gasteiger partial charge in [0, 0.05) is 28.5 Å². The molecule has 0 bridgehead atoms. The second-order valence-electron chi connectivity index (χ2n) is 7.24. The molecule has 0 aliphatic carbocycles. The molecule has 0 unspecified atom stereocenters. The van der Waals surface area contributed by atoms with Crippen LogP contribution in [-0.4, -0.2) is 33.2 Å². The van der Waals surface area contributed by atoms with Crippen LogP contribution in [0.1, 0.15) is 33.3 Å². The van der Waals surface area contributed by atoms with Crippen LogP contribution in [0.5, 0.6) is 0 Å². The van der Waals surface area contributed by atoms with Crippen LogP contribution in [0.3, 0.4) is 0 Å². The lowest BCUT2D eigenvalue weighted by Crippen LogP contribution is -2.25. The highest BCUT2D eigenvalue weighted by atomic mass is 32.1. The van der Waals surface area contributed by atoms with Gasteiger partial charge in [-0.25, -0.2) is 4.79 Å². The number of carbonyl (C=O) groups excluding carboxylic acids is 2. The second-order valence-corrected chi connectivity index (χ2v) is 8.12. The average Bonchev–Trinajstić information content (AvgIpc) is 3.24. The molecule has 0 fully saturated rings. The molecule has 0 atom stereocenters. The van der Waals surface area contributed by atoms with E-state index in [1.807, 2.05) is 6.92 Å². The number of nitrogens with one attached hydrogen (secondary N) is 1. The van der Waals surface area contributed by atoms with Gasteiger partial charge >= 0.3 is 5.97 Å². The van der Waals surface area contributed by atoms with Crippen molar-refractivity contribution < 1.29 is 19.2 Å². The van der Waals surface area contributed by atoms with Crippen LogP contribution >= 0.6 is 11.3 Å². The number of ether oxygens (including phenoxy) is 1. The number of benzene rings is 2. The first-order valence-electron chi connectivity index (χ1n) is 10.1. The molecule has 34 heavy (non-hydrogen) atoms. The Morgan fingerprint density at radius 3 is 2.62 bits per heavy atom. The van der Waals surface area contributed by atoms with Crippen LogP contribution < -0.4 is 10.9 Å².